The van der Waals surface area contributed by atoms with Gasteiger partial charge in [-0.25, -0.2) is 4.68 Å². The van der Waals surface area contributed by atoms with Crippen LogP contribution in [0.25, 0.3) is 11.8 Å². The van der Waals surface area contributed by atoms with Crippen LogP contribution in [0.15, 0.2) is 48.8 Å². The van der Waals surface area contributed by atoms with Crippen molar-refractivity contribution in [2.75, 3.05) is 0 Å². The van der Waals surface area contributed by atoms with Crippen molar-refractivity contribution in [2.24, 2.45) is 5.92 Å². The van der Waals surface area contributed by atoms with Gasteiger partial charge in [0.2, 0.25) is 5.91 Å². The van der Waals surface area contributed by atoms with Gasteiger partial charge in [-0.15, -0.1) is 0 Å². The van der Waals surface area contributed by atoms with Gasteiger partial charge in [0, 0.05) is 36.5 Å². The van der Waals surface area contributed by atoms with Gasteiger partial charge < -0.3 is 5.32 Å². The number of nitrogens with one attached hydrogen (secondary N) is 1. The van der Waals surface area contributed by atoms with Gasteiger partial charge in [0.1, 0.15) is 5.15 Å². The first-order valence-electron chi connectivity index (χ1n) is 9.22. The summed E-state index contributed by atoms with van der Waals surface area (Å²) in [4.78, 5) is 12.2. The van der Waals surface area contributed by atoms with Crippen molar-refractivity contribution >= 4 is 23.6 Å². The third-order valence-corrected chi connectivity index (χ3v) is 4.57. The van der Waals surface area contributed by atoms with E-state index in [1.165, 1.54) is 6.08 Å². The first-order chi connectivity index (χ1) is 13.4. The lowest BCUT2D eigenvalue weighted by Crippen LogP contribution is -2.19. The van der Waals surface area contributed by atoms with Crippen LogP contribution in [0.2, 0.25) is 5.15 Å². The first-order valence-corrected chi connectivity index (χ1v) is 9.59. The van der Waals surface area contributed by atoms with Crippen LogP contribution in [0, 0.1) is 12.8 Å². The molecule has 0 saturated heterocycles. The second-order valence-electron chi connectivity index (χ2n) is 7.05. The number of hydrogen-bond acceptors (Lipinski definition) is 3. The molecule has 0 aliphatic heterocycles. The molecular weight excluding hydrogens is 374 g/mol. The molecule has 0 fully saturated rings. The molecule has 2 aromatic heterocycles. The zero-order chi connectivity index (χ0) is 20.1. The summed E-state index contributed by atoms with van der Waals surface area (Å²) >= 11 is 6.40. The molecule has 146 valence electrons. The summed E-state index contributed by atoms with van der Waals surface area (Å²) in [7, 11) is 0. The molecule has 0 bridgehead atoms. The Hall–Kier alpha value is -2.86. The summed E-state index contributed by atoms with van der Waals surface area (Å²) in [5.74, 6) is 0.244. The lowest BCUT2D eigenvalue weighted by molar-refractivity contribution is -0.116. The average molecular weight is 398 g/mol. The maximum atomic E-state index is 12.2. The minimum atomic E-state index is -0.195. The molecule has 0 radical (unpaired) electrons. The lowest BCUT2D eigenvalue weighted by Gasteiger charge is -2.05. The van der Waals surface area contributed by atoms with Crippen LogP contribution in [0.3, 0.4) is 0 Å². The van der Waals surface area contributed by atoms with E-state index in [2.05, 4.69) is 29.4 Å². The Morgan fingerprint density at radius 1 is 1.29 bits per heavy atom. The molecule has 3 aromatic rings. The van der Waals surface area contributed by atoms with Crippen LogP contribution in [0.1, 0.15) is 30.7 Å². The molecule has 6 nitrogen and oxygen atoms in total. The zero-order valence-electron chi connectivity index (χ0n) is 16.3. The quantitative estimate of drug-likeness (QED) is 0.612. The monoisotopic (exact) mass is 397 g/mol. The van der Waals surface area contributed by atoms with Crippen LogP contribution in [-0.4, -0.2) is 25.5 Å². The number of carbonyl (C=O) groups excluding carboxylic acids is 1. The van der Waals surface area contributed by atoms with Crippen molar-refractivity contribution in [2.45, 2.75) is 33.9 Å². The molecule has 0 unspecified atom stereocenters. The number of aryl methyl sites for hydroxylation is 1. The third kappa shape index (κ3) is 4.89. The number of carbonyl (C=O) groups is 1. The fourth-order valence-corrected chi connectivity index (χ4v) is 3.11. The van der Waals surface area contributed by atoms with Crippen molar-refractivity contribution in [1.82, 2.24) is 24.9 Å². The molecule has 0 aliphatic carbocycles. The van der Waals surface area contributed by atoms with Gasteiger partial charge in [0.15, 0.2) is 0 Å². The van der Waals surface area contributed by atoms with Crippen LogP contribution in [0.5, 0.6) is 0 Å². The highest BCUT2D eigenvalue weighted by Crippen LogP contribution is 2.22. The summed E-state index contributed by atoms with van der Waals surface area (Å²) < 4.78 is 3.56. The van der Waals surface area contributed by atoms with E-state index in [9.17, 15) is 4.79 Å². The summed E-state index contributed by atoms with van der Waals surface area (Å²) in [6.45, 7) is 7.24. The second-order valence-corrected chi connectivity index (χ2v) is 7.40. The Kier molecular flexibility index (Phi) is 6.31. The lowest BCUT2D eigenvalue weighted by atomic mass is 10.2. The van der Waals surface area contributed by atoms with Gasteiger partial charge in [-0.05, 0) is 31.1 Å². The highest BCUT2D eigenvalue weighted by Gasteiger charge is 2.12. The van der Waals surface area contributed by atoms with Crippen LogP contribution in [0.4, 0.5) is 0 Å². The van der Waals surface area contributed by atoms with Gasteiger partial charge in [-0.1, -0.05) is 43.6 Å². The Labute approximate surface area is 169 Å². The van der Waals surface area contributed by atoms with Gasteiger partial charge in [0.05, 0.1) is 17.6 Å². The van der Waals surface area contributed by atoms with E-state index in [1.807, 2.05) is 43.5 Å². The molecule has 0 aliphatic rings. The molecule has 1 N–H and O–H groups in total. The Morgan fingerprint density at radius 2 is 2.04 bits per heavy atom. The van der Waals surface area contributed by atoms with Crippen LogP contribution >= 0.6 is 11.6 Å². The number of benzene rings is 1. The van der Waals surface area contributed by atoms with E-state index in [4.69, 9.17) is 11.6 Å². The summed E-state index contributed by atoms with van der Waals surface area (Å²) in [5.41, 5.74) is 3.47. The molecule has 2 heterocycles. The van der Waals surface area contributed by atoms with Crippen molar-refractivity contribution < 1.29 is 4.79 Å². The third-order valence-electron chi connectivity index (χ3n) is 4.17. The Bertz CT molecular complexity index is 972. The fraction of sp³-hybridized carbons (Fsp3) is 0.286. The minimum Gasteiger partial charge on any atom is -0.348 e. The second kappa shape index (κ2) is 8.89. The normalized spacial score (nSPS) is 11.5. The maximum absolute atomic E-state index is 12.2. The number of amides is 1. The van der Waals surface area contributed by atoms with Gasteiger partial charge in [0.25, 0.3) is 0 Å². The number of para-hydroxylation sites is 1. The van der Waals surface area contributed by atoms with E-state index in [-0.39, 0.29) is 5.91 Å². The Morgan fingerprint density at radius 3 is 2.75 bits per heavy atom. The average Bonchev–Trinajstić information content (AvgIpc) is 3.24. The fourth-order valence-electron chi connectivity index (χ4n) is 2.80. The van der Waals surface area contributed by atoms with E-state index in [0.29, 0.717) is 17.6 Å². The zero-order valence-corrected chi connectivity index (χ0v) is 17.0. The summed E-state index contributed by atoms with van der Waals surface area (Å²) in [6.07, 6.45) is 6.84. The molecule has 0 saturated carbocycles. The molecule has 3 rings (SSSR count). The highest BCUT2D eigenvalue weighted by atomic mass is 35.5. The number of rotatable bonds is 7. The predicted octanol–water partition coefficient (Wildman–Crippen LogP) is 4.02. The standard InChI is InChI=1S/C21H24ClN5O/c1-15(2)13-27-21(22)19(16(3)25-27)9-10-20(28)23-11-17-12-24-26(14-17)18-7-5-4-6-8-18/h4-10,12,14-15H,11,13H2,1-3H3,(H,23,28)/b10-9+. The number of hydrogen-bond donors (Lipinski definition) is 1. The van der Waals surface area contributed by atoms with E-state index < -0.39 is 0 Å². The van der Waals surface area contributed by atoms with Crippen LogP contribution < -0.4 is 5.32 Å². The Balaban J connectivity index is 1.59. The van der Waals surface area contributed by atoms with E-state index in [1.54, 1.807) is 21.6 Å². The van der Waals surface area contributed by atoms with Crippen molar-refractivity contribution in [3.63, 3.8) is 0 Å². The number of nitrogens with zero attached hydrogens (tertiary/aromatic N) is 4. The van der Waals surface area contributed by atoms with Gasteiger partial charge in [-0.3, -0.25) is 9.48 Å². The molecule has 28 heavy (non-hydrogen) atoms. The van der Waals surface area contributed by atoms with Gasteiger partial charge in [-0.2, -0.15) is 10.2 Å². The first kappa shape index (κ1) is 19.9. The van der Waals surface area contributed by atoms with E-state index >= 15 is 0 Å². The maximum Gasteiger partial charge on any atom is 0.244 e. The van der Waals surface area contributed by atoms with Crippen LogP contribution in [-0.2, 0) is 17.9 Å². The number of halogens is 1. The molecule has 7 heteroatoms. The predicted molar refractivity (Wildman–Crippen MR) is 111 cm³/mol. The summed E-state index contributed by atoms with van der Waals surface area (Å²) in [6, 6.07) is 9.83. The largest absolute Gasteiger partial charge is 0.348 e. The number of aromatic nitrogens is 4. The van der Waals surface area contributed by atoms with Crippen molar-refractivity contribution in [1.29, 1.82) is 0 Å². The minimum absolute atomic E-state index is 0.195. The smallest absolute Gasteiger partial charge is 0.244 e. The molecular formula is C21H24ClN5O. The molecule has 0 atom stereocenters. The van der Waals surface area contributed by atoms with Crippen molar-refractivity contribution in [3.8, 4) is 5.69 Å². The van der Waals surface area contributed by atoms with Crippen molar-refractivity contribution in [3.05, 3.63) is 70.8 Å². The van der Waals surface area contributed by atoms with Gasteiger partial charge >= 0.3 is 0 Å². The molecule has 1 amide bonds. The molecule has 0 spiro atoms. The topological polar surface area (TPSA) is 64.7 Å². The summed E-state index contributed by atoms with van der Waals surface area (Å²) in [5, 5.41) is 12.2. The van der Waals surface area contributed by atoms with E-state index in [0.717, 1.165) is 29.1 Å². The molecule has 1 aromatic carbocycles. The SMILES string of the molecule is Cc1nn(CC(C)C)c(Cl)c1/C=C/C(=O)NCc1cnn(-c2ccccc2)c1. The highest BCUT2D eigenvalue weighted by molar-refractivity contribution is 6.31.